The van der Waals surface area contributed by atoms with E-state index in [1.54, 1.807) is 53.4 Å². The van der Waals surface area contributed by atoms with Gasteiger partial charge in [-0.15, -0.1) is 0 Å². The Labute approximate surface area is 133 Å². The predicted octanol–water partition coefficient (Wildman–Crippen LogP) is 3.33. The number of carbonyl (C=O) groups excluding carboxylic acids is 2. The minimum absolute atomic E-state index is 0.00618. The Morgan fingerprint density at radius 2 is 1.83 bits per heavy atom. The summed E-state index contributed by atoms with van der Waals surface area (Å²) in [5.74, 6) is -0.234. The van der Waals surface area contributed by atoms with Crippen LogP contribution in [0.3, 0.4) is 0 Å². The van der Waals surface area contributed by atoms with Crippen LogP contribution in [0.4, 0.5) is 5.69 Å². The number of hydrogen-bond donors (Lipinski definition) is 1. The number of aromatic nitrogens is 2. The number of nitrogens with zero attached hydrogens (tertiary/aromatic N) is 2. The first-order valence-electron chi connectivity index (χ1n) is 7.15. The van der Waals surface area contributed by atoms with E-state index in [4.69, 9.17) is 0 Å². The van der Waals surface area contributed by atoms with Gasteiger partial charge in [-0.3, -0.25) is 14.6 Å². The first-order valence-corrected chi connectivity index (χ1v) is 7.15. The van der Waals surface area contributed by atoms with Crippen molar-refractivity contribution in [3.05, 3.63) is 78.4 Å². The molecule has 3 aromatic rings. The van der Waals surface area contributed by atoms with Gasteiger partial charge >= 0.3 is 0 Å². The van der Waals surface area contributed by atoms with Crippen molar-refractivity contribution in [1.29, 1.82) is 0 Å². The van der Waals surface area contributed by atoms with Gasteiger partial charge in [-0.25, -0.2) is 0 Å². The van der Waals surface area contributed by atoms with Crippen molar-refractivity contribution in [1.82, 2.24) is 9.55 Å². The maximum atomic E-state index is 12.5. The molecule has 0 saturated carbocycles. The van der Waals surface area contributed by atoms with Crippen LogP contribution in [0.2, 0.25) is 0 Å². The number of carbonyl (C=O) groups is 2. The Kier molecular flexibility index (Phi) is 4.01. The third kappa shape index (κ3) is 3.18. The SMILES string of the molecule is CC(=O)c1ccc(NC(=O)c2cccn2-c2cccnc2)cc1. The zero-order chi connectivity index (χ0) is 16.2. The van der Waals surface area contributed by atoms with E-state index in [9.17, 15) is 9.59 Å². The van der Waals surface area contributed by atoms with Crippen LogP contribution in [-0.4, -0.2) is 21.2 Å². The zero-order valence-corrected chi connectivity index (χ0v) is 12.6. The minimum atomic E-state index is -0.227. The summed E-state index contributed by atoms with van der Waals surface area (Å²) in [5, 5.41) is 2.83. The molecule has 0 bridgehead atoms. The molecule has 3 rings (SSSR count). The fourth-order valence-corrected chi connectivity index (χ4v) is 2.27. The number of amides is 1. The molecule has 0 aliphatic heterocycles. The number of pyridine rings is 1. The molecule has 1 amide bonds. The molecule has 1 aromatic carbocycles. The van der Waals surface area contributed by atoms with Gasteiger partial charge in [0.2, 0.25) is 0 Å². The number of benzene rings is 1. The van der Waals surface area contributed by atoms with E-state index in [2.05, 4.69) is 10.3 Å². The van der Waals surface area contributed by atoms with Gasteiger partial charge < -0.3 is 9.88 Å². The van der Waals surface area contributed by atoms with E-state index < -0.39 is 0 Å². The van der Waals surface area contributed by atoms with Gasteiger partial charge in [-0.1, -0.05) is 0 Å². The topological polar surface area (TPSA) is 64.0 Å². The van der Waals surface area contributed by atoms with Crippen molar-refractivity contribution in [3.8, 4) is 5.69 Å². The van der Waals surface area contributed by atoms with Gasteiger partial charge in [0.05, 0.1) is 11.9 Å². The maximum absolute atomic E-state index is 12.5. The van der Waals surface area contributed by atoms with Crippen LogP contribution in [0.15, 0.2) is 67.1 Å². The Balaban J connectivity index is 1.82. The third-order valence-electron chi connectivity index (χ3n) is 3.45. The average molecular weight is 305 g/mol. The summed E-state index contributed by atoms with van der Waals surface area (Å²) >= 11 is 0. The van der Waals surface area contributed by atoms with Gasteiger partial charge in [0, 0.05) is 23.6 Å². The summed E-state index contributed by atoms with van der Waals surface area (Å²) < 4.78 is 1.77. The van der Waals surface area contributed by atoms with Crippen LogP contribution in [0.1, 0.15) is 27.8 Å². The quantitative estimate of drug-likeness (QED) is 0.752. The van der Waals surface area contributed by atoms with Crippen LogP contribution < -0.4 is 5.32 Å². The molecule has 0 fully saturated rings. The molecule has 0 spiro atoms. The van der Waals surface area contributed by atoms with Crippen molar-refractivity contribution >= 4 is 17.4 Å². The monoisotopic (exact) mass is 305 g/mol. The lowest BCUT2D eigenvalue weighted by Crippen LogP contribution is -2.16. The summed E-state index contributed by atoms with van der Waals surface area (Å²) in [7, 11) is 0. The number of Topliss-reactive ketones (excluding diaryl/α,β-unsaturated/α-hetero) is 1. The molecular weight excluding hydrogens is 290 g/mol. The third-order valence-corrected chi connectivity index (χ3v) is 3.45. The van der Waals surface area contributed by atoms with Gasteiger partial charge in [0.15, 0.2) is 5.78 Å². The van der Waals surface area contributed by atoms with Gasteiger partial charge in [-0.05, 0) is 55.5 Å². The minimum Gasteiger partial charge on any atom is -0.321 e. The average Bonchev–Trinajstić information content (AvgIpc) is 3.06. The summed E-state index contributed by atoms with van der Waals surface area (Å²) in [6.45, 7) is 1.51. The Morgan fingerprint density at radius 3 is 2.48 bits per heavy atom. The molecule has 0 aliphatic carbocycles. The molecule has 0 radical (unpaired) electrons. The molecule has 5 nitrogen and oxygen atoms in total. The molecular formula is C18H15N3O2. The van der Waals surface area contributed by atoms with Crippen LogP contribution in [0, 0.1) is 0 Å². The number of ketones is 1. The first-order chi connectivity index (χ1) is 11.1. The highest BCUT2D eigenvalue weighted by atomic mass is 16.2. The lowest BCUT2D eigenvalue weighted by atomic mass is 10.1. The number of nitrogens with one attached hydrogen (secondary N) is 1. The Morgan fingerprint density at radius 1 is 1.04 bits per heavy atom. The van der Waals surface area contributed by atoms with Crippen molar-refractivity contribution < 1.29 is 9.59 Å². The highest BCUT2D eigenvalue weighted by molar-refractivity contribution is 6.04. The van der Waals surface area contributed by atoms with Crippen molar-refractivity contribution in [2.75, 3.05) is 5.32 Å². The van der Waals surface area contributed by atoms with Gasteiger partial charge in [-0.2, -0.15) is 0 Å². The van der Waals surface area contributed by atoms with E-state index in [-0.39, 0.29) is 11.7 Å². The highest BCUT2D eigenvalue weighted by Crippen LogP contribution is 2.15. The van der Waals surface area contributed by atoms with E-state index in [0.717, 1.165) is 5.69 Å². The molecule has 23 heavy (non-hydrogen) atoms. The maximum Gasteiger partial charge on any atom is 0.272 e. The summed E-state index contributed by atoms with van der Waals surface area (Å²) in [6.07, 6.45) is 5.19. The fraction of sp³-hybridized carbons (Fsp3) is 0.0556. The summed E-state index contributed by atoms with van der Waals surface area (Å²) in [5.41, 5.74) is 2.57. The zero-order valence-electron chi connectivity index (χ0n) is 12.6. The standard InChI is InChI=1S/C18H15N3O2/c1-13(22)14-6-8-15(9-7-14)20-18(23)17-5-3-11-21(17)16-4-2-10-19-12-16/h2-12H,1H3,(H,20,23). The van der Waals surface area contributed by atoms with Gasteiger partial charge in [0.1, 0.15) is 5.69 Å². The van der Waals surface area contributed by atoms with E-state index in [0.29, 0.717) is 16.9 Å². The second-order valence-electron chi connectivity index (χ2n) is 5.06. The van der Waals surface area contributed by atoms with Crippen LogP contribution in [0.25, 0.3) is 5.69 Å². The molecule has 0 atom stereocenters. The van der Waals surface area contributed by atoms with E-state index in [1.807, 2.05) is 18.3 Å². The molecule has 0 unspecified atom stereocenters. The second-order valence-corrected chi connectivity index (χ2v) is 5.06. The lowest BCUT2D eigenvalue weighted by molar-refractivity contribution is 0.101. The molecule has 0 aliphatic rings. The highest BCUT2D eigenvalue weighted by Gasteiger charge is 2.12. The normalized spacial score (nSPS) is 10.3. The predicted molar refractivity (Wildman–Crippen MR) is 88.0 cm³/mol. The van der Waals surface area contributed by atoms with Crippen molar-refractivity contribution in [2.45, 2.75) is 6.92 Å². The number of rotatable bonds is 4. The summed E-state index contributed by atoms with van der Waals surface area (Å²) in [4.78, 5) is 27.8. The van der Waals surface area contributed by atoms with Crippen LogP contribution >= 0.6 is 0 Å². The lowest BCUT2D eigenvalue weighted by Gasteiger charge is -2.09. The van der Waals surface area contributed by atoms with Crippen LogP contribution in [-0.2, 0) is 0 Å². The largest absolute Gasteiger partial charge is 0.321 e. The van der Waals surface area contributed by atoms with Crippen LogP contribution in [0.5, 0.6) is 0 Å². The molecule has 0 saturated heterocycles. The van der Waals surface area contributed by atoms with Crippen molar-refractivity contribution in [3.63, 3.8) is 0 Å². The Hall–Kier alpha value is -3.21. The smallest absolute Gasteiger partial charge is 0.272 e. The molecule has 2 aromatic heterocycles. The first kappa shape index (κ1) is 14.7. The van der Waals surface area contributed by atoms with Gasteiger partial charge in [0.25, 0.3) is 5.91 Å². The van der Waals surface area contributed by atoms with E-state index >= 15 is 0 Å². The number of hydrogen-bond acceptors (Lipinski definition) is 3. The number of anilines is 1. The fourth-order valence-electron chi connectivity index (χ4n) is 2.27. The molecule has 5 heteroatoms. The molecule has 1 N–H and O–H groups in total. The second kappa shape index (κ2) is 6.27. The summed E-state index contributed by atoms with van der Waals surface area (Å²) in [6, 6.07) is 14.1. The van der Waals surface area contributed by atoms with Crippen molar-refractivity contribution in [2.24, 2.45) is 0 Å². The Bertz CT molecular complexity index is 836. The van der Waals surface area contributed by atoms with E-state index in [1.165, 1.54) is 6.92 Å². The molecule has 114 valence electrons. The molecule has 2 heterocycles.